The van der Waals surface area contributed by atoms with E-state index in [-0.39, 0.29) is 34.4 Å². The molecule has 0 spiro atoms. The number of non-ortho nitro benzene ring substituents is 2. The number of carbonyl (C=O) groups is 1. The van der Waals surface area contributed by atoms with Crippen LogP contribution in [0, 0.1) is 20.2 Å². The highest BCUT2D eigenvalue weighted by atomic mass is 32.2. The summed E-state index contributed by atoms with van der Waals surface area (Å²) in [6.45, 7) is 0. The number of hydrogen-bond acceptors (Lipinski definition) is 6. The monoisotopic (exact) mass is 398 g/mol. The van der Waals surface area contributed by atoms with Gasteiger partial charge in [0.05, 0.1) is 14.8 Å². The molecule has 0 radical (unpaired) electrons. The van der Waals surface area contributed by atoms with Crippen molar-refractivity contribution in [1.82, 2.24) is 0 Å². The van der Waals surface area contributed by atoms with Crippen LogP contribution in [0.5, 0.6) is 0 Å². The maximum absolute atomic E-state index is 12.8. The summed E-state index contributed by atoms with van der Waals surface area (Å²) in [5.41, 5.74) is -5.21. The Morgan fingerprint density at radius 1 is 0.852 bits per heavy atom. The maximum Gasteiger partial charge on any atom is 0.446 e. The van der Waals surface area contributed by atoms with E-state index in [9.17, 15) is 38.2 Å². The SMILES string of the molecule is O=CC(SC(F)(F)F)=C(c1ccc([N+](=O)[O-])cc1)c1ccc([N+](=O)[O-])cc1. The van der Waals surface area contributed by atoms with E-state index in [1.807, 2.05) is 0 Å². The summed E-state index contributed by atoms with van der Waals surface area (Å²) in [6.07, 6.45) is 0.0241. The van der Waals surface area contributed by atoms with Gasteiger partial charge >= 0.3 is 5.51 Å². The number of halogens is 3. The number of aldehydes is 1. The largest absolute Gasteiger partial charge is 0.446 e. The molecule has 0 aliphatic carbocycles. The van der Waals surface area contributed by atoms with Crippen molar-refractivity contribution in [2.75, 3.05) is 0 Å². The van der Waals surface area contributed by atoms with Crippen LogP contribution in [0.3, 0.4) is 0 Å². The Balaban J connectivity index is 2.65. The van der Waals surface area contributed by atoms with E-state index in [1.54, 1.807) is 0 Å². The highest BCUT2D eigenvalue weighted by molar-refractivity contribution is 8.04. The smallest absolute Gasteiger partial charge is 0.297 e. The summed E-state index contributed by atoms with van der Waals surface area (Å²) in [7, 11) is 0. The minimum Gasteiger partial charge on any atom is -0.297 e. The molecule has 0 aliphatic heterocycles. The molecule has 0 unspecified atom stereocenters. The molecule has 11 heteroatoms. The topological polar surface area (TPSA) is 103 Å². The van der Waals surface area contributed by atoms with Crippen molar-refractivity contribution >= 4 is 35.0 Å². The van der Waals surface area contributed by atoms with Crippen LogP contribution in [-0.4, -0.2) is 21.6 Å². The van der Waals surface area contributed by atoms with Crippen molar-refractivity contribution in [3.05, 3.63) is 84.8 Å². The van der Waals surface area contributed by atoms with Crippen molar-refractivity contribution in [1.29, 1.82) is 0 Å². The van der Waals surface area contributed by atoms with Gasteiger partial charge in [0.15, 0.2) is 6.29 Å². The van der Waals surface area contributed by atoms with Crippen LogP contribution in [0.25, 0.3) is 5.57 Å². The number of nitrogens with zero attached hydrogens (tertiary/aromatic N) is 2. The Kier molecular flexibility index (Phi) is 5.95. The molecule has 2 aromatic rings. The third-order valence-corrected chi connectivity index (χ3v) is 4.06. The molecular weight excluding hydrogens is 389 g/mol. The number of allylic oxidation sites excluding steroid dienone is 1. The van der Waals surface area contributed by atoms with Crippen LogP contribution in [0.15, 0.2) is 53.4 Å². The molecule has 0 saturated heterocycles. The average molecular weight is 398 g/mol. The molecule has 2 rings (SSSR count). The second kappa shape index (κ2) is 7.99. The number of carbonyl (C=O) groups excluding carboxylic acids is 1. The van der Waals surface area contributed by atoms with Gasteiger partial charge in [0.25, 0.3) is 11.4 Å². The first kappa shape index (κ1) is 20.1. The average Bonchev–Trinajstić information content (AvgIpc) is 2.61. The van der Waals surface area contributed by atoms with Crippen molar-refractivity contribution in [2.45, 2.75) is 5.51 Å². The number of alkyl halides is 3. The zero-order chi connectivity index (χ0) is 20.2. The van der Waals surface area contributed by atoms with E-state index >= 15 is 0 Å². The van der Waals surface area contributed by atoms with E-state index < -0.39 is 32.0 Å². The highest BCUT2D eigenvalue weighted by Gasteiger charge is 2.32. The van der Waals surface area contributed by atoms with Gasteiger partial charge in [-0.1, -0.05) is 0 Å². The Hall–Kier alpha value is -3.21. The van der Waals surface area contributed by atoms with Crippen LogP contribution in [0.4, 0.5) is 24.5 Å². The molecule has 0 aromatic heterocycles. The molecule has 0 N–H and O–H groups in total. The lowest BCUT2D eigenvalue weighted by Gasteiger charge is -2.13. The molecule has 0 amide bonds. The molecule has 140 valence electrons. The second-order valence-corrected chi connectivity index (χ2v) is 6.12. The first-order chi connectivity index (χ1) is 12.6. The van der Waals surface area contributed by atoms with Gasteiger partial charge in [-0.25, -0.2) is 0 Å². The van der Waals surface area contributed by atoms with Crippen LogP contribution in [0.2, 0.25) is 0 Å². The number of rotatable bonds is 6. The van der Waals surface area contributed by atoms with E-state index in [0.717, 1.165) is 24.3 Å². The third kappa shape index (κ3) is 5.14. The lowest BCUT2D eigenvalue weighted by atomic mass is 9.97. The molecule has 2 aromatic carbocycles. The number of nitro groups is 2. The van der Waals surface area contributed by atoms with Crippen molar-refractivity contribution in [3.63, 3.8) is 0 Å². The first-order valence-corrected chi connectivity index (χ1v) is 7.89. The third-order valence-electron chi connectivity index (χ3n) is 3.31. The molecule has 7 nitrogen and oxygen atoms in total. The van der Waals surface area contributed by atoms with Gasteiger partial charge in [-0.3, -0.25) is 25.0 Å². The molecule has 0 atom stereocenters. The molecular formula is C16H9F3N2O5S. The van der Waals surface area contributed by atoms with Crippen LogP contribution < -0.4 is 0 Å². The highest BCUT2D eigenvalue weighted by Crippen LogP contribution is 2.41. The van der Waals surface area contributed by atoms with Crippen LogP contribution in [0.1, 0.15) is 11.1 Å². The second-order valence-electron chi connectivity index (χ2n) is 5.01. The number of nitro benzene ring substituents is 2. The quantitative estimate of drug-likeness (QED) is 0.302. The molecule has 0 fully saturated rings. The van der Waals surface area contributed by atoms with Crippen LogP contribution >= 0.6 is 11.8 Å². The molecule has 0 heterocycles. The summed E-state index contributed by atoms with van der Waals surface area (Å²) >= 11 is -0.636. The summed E-state index contributed by atoms with van der Waals surface area (Å²) in [5.74, 6) is 0. The zero-order valence-corrected chi connectivity index (χ0v) is 14.0. The van der Waals surface area contributed by atoms with Gasteiger partial charge in [-0.2, -0.15) is 13.2 Å². The number of hydrogen-bond donors (Lipinski definition) is 0. The lowest BCUT2D eigenvalue weighted by Crippen LogP contribution is -2.04. The minimum absolute atomic E-state index is 0.0241. The fraction of sp³-hybridized carbons (Fsp3) is 0.0625. The Morgan fingerprint density at radius 2 is 1.22 bits per heavy atom. The lowest BCUT2D eigenvalue weighted by molar-refractivity contribution is -0.385. The standard InChI is InChI=1S/C16H9F3N2O5S/c17-16(18,19)27-14(9-22)15(10-1-5-12(6-2-10)20(23)24)11-3-7-13(8-4-11)21(25)26/h1-9H. The zero-order valence-electron chi connectivity index (χ0n) is 13.2. The predicted molar refractivity (Wildman–Crippen MR) is 91.9 cm³/mol. The van der Waals surface area contributed by atoms with E-state index in [1.165, 1.54) is 24.3 Å². The number of thioether (sulfide) groups is 1. The number of benzene rings is 2. The van der Waals surface area contributed by atoms with E-state index in [2.05, 4.69) is 0 Å². The van der Waals surface area contributed by atoms with Gasteiger partial charge in [0.1, 0.15) is 0 Å². The Labute approximate surface area is 153 Å². The summed E-state index contributed by atoms with van der Waals surface area (Å²) in [6, 6.07) is 9.15. The molecule has 27 heavy (non-hydrogen) atoms. The van der Waals surface area contributed by atoms with Crippen LogP contribution in [-0.2, 0) is 4.79 Å². The predicted octanol–water partition coefficient (Wildman–Crippen LogP) is 4.71. The first-order valence-electron chi connectivity index (χ1n) is 7.07. The maximum atomic E-state index is 12.8. The van der Waals surface area contributed by atoms with Gasteiger partial charge in [-0.15, -0.1) is 0 Å². The molecule has 0 saturated carbocycles. The van der Waals surface area contributed by atoms with Gasteiger partial charge < -0.3 is 0 Å². The summed E-state index contributed by atoms with van der Waals surface area (Å²) in [4.78, 5) is 30.8. The summed E-state index contributed by atoms with van der Waals surface area (Å²) in [5, 5.41) is 21.5. The van der Waals surface area contributed by atoms with E-state index in [0.29, 0.717) is 0 Å². The Bertz CT molecular complexity index is 850. The molecule has 0 bridgehead atoms. The fourth-order valence-corrected chi connectivity index (χ4v) is 2.84. The molecule has 0 aliphatic rings. The van der Waals surface area contributed by atoms with Crippen molar-refractivity contribution < 1.29 is 27.8 Å². The van der Waals surface area contributed by atoms with Gasteiger partial charge in [0.2, 0.25) is 0 Å². The van der Waals surface area contributed by atoms with Gasteiger partial charge in [0, 0.05) is 29.8 Å². The summed E-state index contributed by atoms with van der Waals surface area (Å²) < 4.78 is 38.4. The minimum atomic E-state index is -4.75. The normalized spacial score (nSPS) is 10.9. The van der Waals surface area contributed by atoms with Crippen molar-refractivity contribution in [3.8, 4) is 0 Å². The van der Waals surface area contributed by atoms with E-state index in [4.69, 9.17) is 0 Å². The van der Waals surface area contributed by atoms with Crippen molar-refractivity contribution in [2.24, 2.45) is 0 Å². The Morgan fingerprint density at radius 3 is 1.48 bits per heavy atom. The fourth-order valence-electron chi connectivity index (χ4n) is 2.21. The van der Waals surface area contributed by atoms with Gasteiger partial charge in [-0.05, 0) is 47.2 Å².